The summed E-state index contributed by atoms with van der Waals surface area (Å²) in [5.74, 6) is 0.101. The van der Waals surface area contributed by atoms with Gasteiger partial charge in [0.05, 0.1) is 35.3 Å². The van der Waals surface area contributed by atoms with Crippen LogP contribution in [0.25, 0.3) is 0 Å². The number of hydrogen-bond donors (Lipinski definition) is 2. The van der Waals surface area contributed by atoms with Crippen molar-refractivity contribution < 1.29 is 31.1 Å². The fourth-order valence-corrected chi connectivity index (χ4v) is 6.17. The fraction of sp³-hybridized carbons (Fsp3) is 0.435. The number of anilines is 1. The molecule has 0 unspecified atom stereocenters. The number of rotatable bonds is 9. The summed E-state index contributed by atoms with van der Waals surface area (Å²) in [7, 11) is -5.33. The second-order valence-electron chi connectivity index (χ2n) is 8.46. The molecule has 1 aliphatic rings. The first-order valence-electron chi connectivity index (χ1n) is 11.2. The SMILES string of the molecule is COc1ccc(S(=O)(=O)NC(C)C)cc1NS(=O)(=O)c1ccc(OC)c(C(=O)N2CCCCC2)c1. The molecule has 35 heavy (non-hydrogen) atoms. The predicted octanol–water partition coefficient (Wildman–Crippen LogP) is 2.82. The molecular weight excluding hydrogens is 494 g/mol. The number of nitrogens with zero attached hydrogens (tertiary/aromatic N) is 1. The molecule has 1 amide bonds. The lowest BCUT2D eigenvalue weighted by Gasteiger charge is -2.27. The minimum absolute atomic E-state index is 0.0566. The van der Waals surface area contributed by atoms with Gasteiger partial charge in [-0.25, -0.2) is 21.6 Å². The van der Waals surface area contributed by atoms with Crippen molar-refractivity contribution in [2.45, 2.75) is 48.9 Å². The van der Waals surface area contributed by atoms with Crippen LogP contribution in [-0.4, -0.2) is 61.0 Å². The van der Waals surface area contributed by atoms with Gasteiger partial charge in [-0.1, -0.05) is 0 Å². The molecule has 1 heterocycles. The molecule has 0 spiro atoms. The van der Waals surface area contributed by atoms with Crippen LogP contribution in [0.3, 0.4) is 0 Å². The van der Waals surface area contributed by atoms with Crippen molar-refractivity contribution in [2.24, 2.45) is 0 Å². The zero-order chi connectivity index (χ0) is 25.8. The molecule has 12 heteroatoms. The monoisotopic (exact) mass is 525 g/mol. The molecule has 10 nitrogen and oxygen atoms in total. The lowest BCUT2D eigenvalue weighted by Crippen LogP contribution is -2.35. The first-order valence-corrected chi connectivity index (χ1v) is 14.2. The van der Waals surface area contributed by atoms with Crippen LogP contribution in [0.2, 0.25) is 0 Å². The number of methoxy groups -OCH3 is 2. The Morgan fingerprint density at radius 1 is 0.857 bits per heavy atom. The molecule has 0 bridgehead atoms. The minimum Gasteiger partial charge on any atom is -0.496 e. The van der Waals surface area contributed by atoms with Gasteiger partial charge in [0, 0.05) is 19.1 Å². The molecule has 1 fully saturated rings. The van der Waals surface area contributed by atoms with Crippen molar-refractivity contribution in [3.05, 3.63) is 42.0 Å². The van der Waals surface area contributed by atoms with E-state index in [4.69, 9.17) is 9.47 Å². The zero-order valence-corrected chi connectivity index (χ0v) is 21.8. The van der Waals surface area contributed by atoms with Gasteiger partial charge in [-0.15, -0.1) is 0 Å². The maximum absolute atomic E-state index is 13.3. The molecular formula is C23H31N3O7S2. The van der Waals surface area contributed by atoms with Crippen molar-refractivity contribution in [3.8, 4) is 11.5 Å². The van der Waals surface area contributed by atoms with Gasteiger partial charge in [-0.3, -0.25) is 9.52 Å². The molecule has 2 N–H and O–H groups in total. The van der Waals surface area contributed by atoms with Crippen LogP contribution >= 0.6 is 0 Å². The highest BCUT2D eigenvalue weighted by atomic mass is 32.2. The van der Waals surface area contributed by atoms with Gasteiger partial charge in [-0.05, 0) is 69.5 Å². The van der Waals surface area contributed by atoms with E-state index < -0.39 is 20.0 Å². The van der Waals surface area contributed by atoms with Gasteiger partial charge in [-0.2, -0.15) is 0 Å². The lowest BCUT2D eigenvalue weighted by atomic mass is 10.1. The quantitative estimate of drug-likeness (QED) is 0.515. The Morgan fingerprint density at radius 2 is 1.43 bits per heavy atom. The van der Waals surface area contributed by atoms with E-state index in [1.807, 2.05) is 0 Å². The highest BCUT2D eigenvalue weighted by molar-refractivity contribution is 7.92. The van der Waals surface area contributed by atoms with Crippen molar-refractivity contribution >= 4 is 31.6 Å². The number of ether oxygens (including phenoxy) is 2. The molecule has 0 aliphatic carbocycles. The van der Waals surface area contributed by atoms with Crippen LogP contribution in [-0.2, 0) is 20.0 Å². The van der Waals surface area contributed by atoms with Crippen LogP contribution in [0.4, 0.5) is 5.69 Å². The van der Waals surface area contributed by atoms with Crippen molar-refractivity contribution in [1.82, 2.24) is 9.62 Å². The van der Waals surface area contributed by atoms with Gasteiger partial charge in [0.15, 0.2) is 0 Å². The topological polar surface area (TPSA) is 131 Å². The number of carbonyl (C=O) groups excluding carboxylic acids is 1. The Bertz CT molecular complexity index is 1290. The standard InChI is InChI=1S/C23H31N3O7S2/c1-16(2)24-34(28,29)18-9-11-22(33-4)20(15-18)25-35(30,31)17-8-10-21(32-3)19(14-17)23(27)26-12-6-5-7-13-26/h8-11,14-16,24-25H,5-7,12-13H2,1-4H3. The number of likely N-dealkylation sites (tertiary alicyclic amines) is 1. The van der Waals surface area contributed by atoms with Gasteiger partial charge >= 0.3 is 0 Å². The number of amides is 1. The molecule has 0 saturated carbocycles. The Labute approximate surface area is 206 Å². The Balaban J connectivity index is 1.98. The van der Waals surface area contributed by atoms with Crippen LogP contribution in [0.15, 0.2) is 46.2 Å². The number of piperidine rings is 1. The summed E-state index contributed by atoms with van der Waals surface area (Å²) in [6, 6.07) is 7.54. The number of sulfonamides is 2. The molecule has 2 aromatic rings. The predicted molar refractivity (Wildman–Crippen MR) is 132 cm³/mol. The second kappa shape index (κ2) is 10.8. The molecule has 192 valence electrons. The number of carbonyl (C=O) groups is 1. The molecule has 1 aliphatic heterocycles. The Kier molecular flexibility index (Phi) is 8.29. The minimum atomic E-state index is -4.21. The maximum atomic E-state index is 13.3. The average molecular weight is 526 g/mol. The summed E-state index contributed by atoms with van der Waals surface area (Å²) in [6.07, 6.45) is 2.82. The average Bonchev–Trinajstić information content (AvgIpc) is 2.82. The van der Waals surface area contributed by atoms with Crippen LogP contribution in [0.1, 0.15) is 43.5 Å². The first kappa shape index (κ1) is 26.8. The van der Waals surface area contributed by atoms with E-state index >= 15 is 0 Å². The zero-order valence-electron chi connectivity index (χ0n) is 20.2. The van der Waals surface area contributed by atoms with Crippen LogP contribution in [0.5, 0.6) is 11.5 Å². The van der Waals surface area contributed by atoms with E-state index in [2.05, 4.69) is 9.44 Å². The van der Waals surface area contributed by atoms with E-state index in [1.54, 1.807) is 18.7 Å². The fourth-order valence-electron chi connectivity index (χ4n) is 3.80. The van der Waals surface area contributed by atoms with Crippen LogP contribution < -0.4 is 18.9 Å². The van der Waals surface area contributed by atoms with E-state index in [1.165, 1.54) is 50.6 Å². The van der Waals surface area contributed by atoms with E-state index in [0.717, 1.165) is 19.3 Å². The normalized spacial score (nSPS) is 14.6. The third kappa shape index (κ3) is 6.24. The molecule has 1 saturated heterocycles. The third-order valence-electron chi connectivity index (χ3n) is 5.47. The van der Waals surface area contributed by atoms with Crippen molar-refractivity contribution in [2.75, 3.05) is 32.0 Å². The molecule has 3 rings (SSSR count). The third-order valence-corrected chi connectivity index (χ3v) is 8.49. The van der Waals surface area contributed by atoms with Crippen LogP contribution in [0, 0.1) is 0 Å². The number of nitrogens with one attached hydrogen (secondary N) is 2. The highest BCUT2D eigenvalue weighted by Gasteiger charge is 2.26. The Hall–Kier alpha value is -2.83. The van der Waals surface area contributed by atoms with E-state index in [-0.39, 0.29) is 44.5 Å². The van der Waals surface area contributed by atoms with Crippen molar-refractivity contribution in [3.63, 3.8) is 0 Å². The summed E-state index contributed by atoms with van der Waals surface area (Å²) >= 11 is 0. The molecule has 0 radical (unpaired) electrons. The van der Waals surface area contributed by atoms with E-state index in [0.29, 0.717) is 13.1 Å². The molecule has 0 atom stereocenters. The summed E-state index contributed by atoms with van der Waals surface area (Å²) < 4.78 is 67.1. The highest BCUT2D eigenvalue weighted by Crippen LogP contribution is 2.31. The maximum Gasteiger partial charge on any atom is 0.262 e. The van der Waals surface area contributed by atoms with Gasteiger partial charge < -0.3 is 14.4 Å². The number of hydrogen-bond acceptors (Lipinski definition) is 7. The summed E-state index contributed by atoms with van der Waals surface area (Å²) in [5, 5.41) is 0. The summed E-state index contributed by atoms with van der Waals surface area (Å²) in [5.41, 5.74) is 0.0839. The largest absolute Gasteiger partial charge is 0.496 e. The summed E-state index contributed by atoms with van der Waals surface area (Å²) in [4.78, 5) is 14.5. The van der Waals surface area contributed by atoms with E-state index in [9.17, 15) is 21.6 Å². The first-order chi connectivity index (χ1) is 16.5. The van der Waals surface area contributed by atoms with Crippen molar-refractivity contribution in [1.29, 1.82) is 0 Å². The Morgan fingerprint density at radius 3 is 2.00 bits per heavy atom. The van der Waals surface area contributed by atoms with Gasteiger partial charge in [0.2, 0.25) is 10.0 Å². The smallest absolute Gasteiger partial charge is 0.262 e. The van der Waals surface area contributed by atoms with Gasteiger partial charge in [0.1, 0.15) is 11.5 Å². The second-order valence-corrected chi connectivity index (χ2v) is 11.9. The lowest BCUT2D eigenvalue weighted by molar-refractivity contribution is 0.0720. The van der Waals surface area contributed by atoms with Gasteiger partial charge in [0.25, 0.3) is 15.9 Å². The molecule has 2 aromatic carbocycles. The summed E-state index contributed by atoms with van der Waals surface area (Å²) in [6.45, 7) is 4.55. The molecule has 0 aromatic heterocycles. The number of benzene rings is 2.